The number of rotatable bonds is 0. The molecule has 0 unspecified atom stereocenters. The lowest BCUT2D eigenvalue weighted by atomic mass is 10.2. The van der Waals surface area contributed by atoms with Crippen LogP contribution in [0.2, 0.25) is 0 Å². The minimum atomic E-state index is -0.375. The van der Waals surface area contributed by atoms with Crippen molar-refractivity contribution in [3.05, 3.63) is 28.0 Å². The zero-order valence-corrected chi connectivity index (χ0v) is 8.30. The van der Waals surface area contributed by atoms with Gasteiger partial charge in [-0.15, -0.1) is 12.4 Å². The van der Waals surface area contributed by atoms with E-state index in [1.807, 2.05) is 6.92 Å². The Kier molecular flexibility index (Phi) is 3.83. The Morgan fingerprint density at radius 3 is 2.45 bits per heavy atom. The molecule has 0 spiro atoms. The molecule has 0 radical (unpaired) electrons. The summed E-state index contributed by atoms with van der Waals surface area (Å²) in [6, 6.07) is 3.32. The second kappa shape index (κ2) is 3.93. The van der Waals surface area contributed by atoms with Gasteiger partial charge in [0.05, 0.1) is 10.2 Å². The largest absolute Gasteiger partial charge is 0.396 e. The number of nitrogen functional groups attached to an aromatic ring is 1. The predicted molar refractivity (Wildman–Crippen MR) is 50.5 cm³/mol. The van der Waals surface area contributed by atoms with E-state index in [1.165, 1.54) is 0 Å². The molecule has 0 fully saturated rings. The average Bonchev–Trinajstić information content (AvgIpc) is 1.93. The molecular weight excluding hydrogens is 232 g/mol. The molecule has 0 aromatic heterocycles. The minimum absolute atomic E-state index is 0. The maximum Gasteiger partial charge on any atom is 0.160 e. The summed E-state index contributed by atoms with van der Waals surface area (Å²) in [5.41, 5.74) is 6.32. The Morgan fingerprint density at radius 1 is 1.45 bits per heavy atom. The molecule has 4 heteroatoms. The summed E-state index contributed by atoms with van der Waals surface area (Å²) in [5, 5.41) is 0. The molecule has 11 heavy (non-hydrogen) atoms. The summed E-state index contributed by atoms with van der Waals surface area (Å²) < 4.78 is 13.3. The van der Waals surface area contributed by atoms with E-state index in [0.717, 1.165) is 5.56 Å². The van der Waals surface area contributed by atoms with Crippen LogP contribution in [0.25, 0.3) is 0 Å². The van der Waals surface area contributed by atoms with Crippen molar-refractivity contribution in [1.82, 2.24) is 0 Å². The molecule has 0 saturated carbocycles. The van der Waals surface area contributed by atoms with Crippen molar-refractivity contribution in [1.29, 1.82) is 0 Å². The van der Waals surface area contributed by atoms with Crippen molar-refractivity contribution in [3.8, 4) is 0 Å². The van der Waals surface area contributed by atoms with Gasteiger partial charge in [0.15, 0.2) is 5.82 Å². The number of benzene rings is 1. The third kappa shape index (κ3) is 2.07. The average molecular weight is 241 g/mol. The fourth-order valence-corrected chi connectivity index (χ4v) is 1.02. The zero-order valence-electron chi connectivity index (χ0n) is 5.90. The molecule has 62 valence electrons. The van der Waals surface area contributed by atoms with E-state index in [0.29, 0.717) is 4.47 Å². The SMILES string of the molecule is Cc1ccc(N)c(F)c1Br.Cl. The van der Waals surface area contributed by atoms with Crippen LogP contribution < -0.4 is 5.73 Å². The van der Waals surface area contributed by atoms with Crippen molar-refractivity contribution in [2.24, 2.45) is 0 Å². The van der Waals surface area contributed by atoms with Gasteiger partial charge < -0.3 is 5.73 Å². The molecule has 1 aromatic rings. The molecule has 0 aliphatic heterocycles. The lowest BCUT2D eigenvalue weighted by Gasteiger charge is -2.00. The van der Waals surface area contributed by atoms with Gasteiger partial charge in [-0.1, -0.05) is 6.07 Å². The summed E-state index contributed by atoms with van der Waals surface area (Å²) in [7, 11) is 0. The highest BCUT2D eigenvalue weighted by Crippen LogP contribution is 2.23. The molecule has 1 nitrogen and oxygen atoms in total. The van der Waals surface area contributed by atoms with Gasteiger partial charge in [0.1, 0.15) is 0 Å². The first kappa shape index (κ1) is 10.7. The monoisotopic (exact) mass is 239 g/mol. The van der Waals surface area contributed by atoms with Gasteiger partial charge in [0.2, 0.25) is 0 Å². The van der Waals surface area contributed by atoms with Crippen LogP contribution in [0.1, 0.15) is 5.56 Å². The van der Waals surface area contributed by atoms with Crippen LogP contribution in [0.5, 0.6) is 0 Å². The van der Waals surface area contributed by atoms with E-state index in [9.17, 15) is 4.39 Å². The molecule has 0 atom stereocenters. The lowest BCUT2D eigenvalue weighted by molar-refractivity contribution is 0.624. The number of aryl methyl sites for hydroxylation is 1. The first-order valence-corrected chi connectivity index (χ1v) is 3.62. The van der Waals surface area contributed by atoms with Crippen LogP contribution in [-0.2, 0) is 0 Å². The van der Waals surface area contributed by atoms with Crippen molar-refractivity contribution < 1.29 is 4.39 Å². The Balaban J connectivity index is 0.000001000. The zero-order chi connectivity index (χ0) is 7.72. The Labute approximate surface area is 79.3 Å². The normalized spacial score (nSPS) is 9.00. The summed E-state index contributed by atoms with van der Waals surface area (Å²) in [5.74, 6) is -0.375. The number of hydrogen-bond donors (Lipinski definition) is 1. The van der Waals surface area contributed by atoms with E-state index < -0.39 is 0 Å². The van der Waals surface area contributed by atoms with Crippen LogP contribution >= 0.6 is 28.3 Å². The molecular formula is C7H8BrClFN. The minimum Gasteiger partial charge on any atom is -0.396 e. The Bertz CT molecular complexity index is 238. The van der Waals surface area contributed by atoms with Crippen LogP contribution in [0, 0.1) is 12.7 Å². The molecule has 0 amide bonds. The van der Waals surface area contributed by atoms with Gasteiger partial charge in [-0.05, 0) is 34.5 Å². The maximum absolute atomic E-state index is 12.8. The fraction of sp³-hybridized carbons (Fsp3) is 0.143. The van der Waals surface area contributed by atoms with Crippen molar-refractivity contribution in [3.63, 3.8) is 0 Å². The van der Waals surface area contributed by atoms with Crippen molar-refractivity contribution >= 4 is 34.0 Å². The standard InChI is InChI=1S/C7H7BrFN.ClH/c1-4-2-3-5(10)7(9)6(4)8;/h2-3H,10H2,1H3;1H. The first-order chi connectivity index (χ1) is 4.63. The summed E-state index contributed by atoms with van der Waals surface area (Å²) in [4.78, 5) is 0. The third-order valence-electron chi connectivity index (χ3n) is 1.31. The quantitative estimate of drug-likeness (QED) is 0.693. The van der Waals surface area contributed by atoms with E-state index in [1.54, 1.807) is 12.1 Å². The number of anilines is 1. The van der Waals surface area contributed by atoms with Gasteiger partial charge in [-0.25, -0.2) is 4.39 Å². The van der Waals surface area contributed by atoms with Crippen molar-refractivity contribution in [2.45, 2.75) is 6.92 Å². The van der Waals surface area contributed by atoms with E-state index in [4.69, 9.17) is 5.73 Å². The molecule has 2 N–H and O–H groups in total. The second-order valence-electron chi connectivity index (χ2n) is 2.10. The summed E-state index contributed by atoms with van der Waals surface area (Å²) in [6.07, 6.45) is 0. The maximum atomic E-state index is 12.8. The van der Waals surface area contributed by atoms with Crippen LogP contribution in [0.3, 0.4) is 0 Å². The van der Waals surface area contributed by atoms with Crippen molar-refractivity contribution in [2.75, 3.05) is 5.73 Å². The molecule has 0 bridgehead atoms. The van der Waals surface area contributed by atoms with E-state index in [-0.39, 0.29) is 23.9 Å². The number of hydrogen-bond acceptors (Lipinski definition) is 1. The highest BCUT2D eigenvalue weighted by atomic mass is 79.9. The Morgan fingerprint density at radius 2 is 2.00 bits per heavy atom. The lowest BCUT2D eigenvalue weighted by Crippen LogP contribution is -1.92. The van der Waals surface area contributed by atoms with Gasteiger partial charge in [0, 0.05) is 0 Å². The van der Waals surface area contributed by atoms with E-state index in [2.05, 4.69) is 15.9 Å². The molecule has 1 rings (SSSR count). The van der Waals surface area contributed by atoms with Gasteiger partial charge in [-0.2, -0.15) is 0 Å². The van der Waals surface area contributed by atoms with Gasteiger partial charge in [0.25, 0.3) is 0 Å². The summed E-state index contributed by atoms with van der Waals surface area (Å²) in [6.45, 7) is 1.81. The molecule has 1 aromatic carbocycles. The number of halogens is 3. The summed E-state index contributed by atoms with van der Waals surface area (Å²) >= 11 is 3.07. The van der Waals surface area contributed by atoms with Gasteiger partial charge >= 0.3 is 0 Å². The molecule has 0 aliphatic carbocycles. The first-order valence-electron chi connectivity index (χ1n) is 2.83. The van der Waals surface area contributed by atoms with E-state index >= 15 is 0 Å². The van der Waals surface area contributed by atoms with Crippen LogP contribution in [0.4, 0.5) is 10.1 Å². The third-order valence-corrected chi connectivity index (χ3v) is 2.28. The molecule has 0 aliphatic rings. The highest BCUT2D eigenvalue weighted by molar-refractivity contribution is 9.10. The molecule has 0 saturated heterocycles. The topological polar surface area (TPSA) is 26.0 Å². The number of nitrogens with two attached hydrogens (primary N) is 1. The van der Waals surface area contributed by atoms with Crippen LogP contribution in [0.15, 0.2) is 16.6 Å². The van der Waals surface area contributed by atoms with Gasteiger partial charge in [-0.3, -0.25) is 0 Å². The second-order valence-corrected chi connectivity index (χ2v) is 2.89. The smallest absolute Gasteiger partial charge is 0.160 e. The molecule has 0 heterocycles. The predicted octanol–water partition coefficient (Wildman–Crippen LogP) is 2.90. The van der Waals surface area contributed by atoms with Crippen LogP contribution in [-0.4, -0.2) is 0 Å². The highest BCUT2D eigenvalue weighted by Gasteiger charge is 2.04. The fourth-order valence-electron chi connectivity index (χ4n) is 0.661. The Hall–Kier alpha value is -0.280.